The summed E-state index contributed by atoms with van der Waals surface area (Å²) in [5.41, 5.74) is 4.67. The maximum atomic E-state index is 13.8. The number of benzene rings is 2. The number of ether oxygens (including phenoxy) is 2. The number of hydrogen-bond donors (Lipinski definition) is 0. The molecule has 0 unspecified atom stereocenters. The minimum Gasteiger partial charge on any atom is -0.497 e. The van der Waals surface area contributed by atoms with Crippen LogP contribution in [0.2, 0.25) is 0 Å². The number of methoxy groups -OCH3 is 2. The van der Waals surface area contributed by atoms with Crippen LogP contribution in [0.4, 0.5) is 8.78 Å². The average Bonchev–Trinajstić information content (AvgIpc) is 3.60. The van der Waals surface area contributed by atoms with Gasteiger partial charge in [-0.2, -0.15) is 10.2 Å². The fourth-order valence-corrected chi connectivity index (χ4v) is 4.99. The highest BCUT2D eigenvalue weighted by atomic mass is 127. The Kier molecular flexibility index (Phi) is 8.86. The second-order valence-corrected chi connectivity index (χ2v) is 9.91. The van der Waals surface area contributed by atoms with E-state index in [0.29, 0.717) is 0 Å². The Morgan fingerprint density at radius 3 is 1.60 bits per heavy atom. The number of halogens is 3. The van der Waals surface area contributed by atoms with Crippen molar-refractivity contribution in [3.05, 3.63) is 119 Å². The van der Waals surface area contributed by atoms with Crippen LogP contribution in [0.1, 0.15) is 5.69 Å². The molecule has 0 aliphatic carbocycles. The van der Waals surface area contributed by atoms with Crippen molar-refractivity contribution in [2.45, 2.75) is 6.92 Å². The summed E-state index contributed by atoms with van der Waals surface area (Å²) >= 11 is 2.14. The molecule has 11 heteroatoms. The van der Waals surface area contributed by atoms with Gasteiger partial charge in [-0.15, -0.1) is 0 Å². The minimum atomic E-state index is -0.403. The molecule has 0 bridgehead atoms. The van der Waals surface area contributed by atoms with Gasteiger partial charge in [0.2, 0.25) is 0 Å². The minimum absolute atomic E-state index is 0.196. The van der Waals surface area contributed by atoms with E-state index < -0.39 is 11.6 Å². The van der Waals surface area contributed by atoms with Crippen LogP contribution in [0.3, 0.4) is 0 Å². The molecular weight excluding hydrogens is 653 g/mol. The van der Waals surface area contributed by atoms with Crippen molar-refractivity contribution in [3.8, 4) is 45.4 Å². The van der Waals surface area contributed by atoms with E-state index in [-0.39, 0.29) is 11.6 Å². The third-order valence-corrected chi connectivity index (χ3v) is 7.44. The van der Waals surface area contributed by atoms with Crippen LogP contribution in [0, 0.1) is 22.3 Å². The summed E-state index contributed by atoms with van der Waals surface area (Å²) in [5.74, 6) is 1.18. The van der Waals surface area contributed by atoms with Crippen LogP contribution in [0.25, 0.3) is 33.9 Å². The molecule has 42 heavy (non-hydrogen) atoms. The molecule has 0 N–H and O–H groups in total. The molecule has 4 heterocycles. The monoisotopic (exact) mass is 678 g/mol. The van der Waals surface area contributed by atoms with Crippen LogP contribution >= 0.6 is 22.6 Å². The van der Waals surface area contributed by atoms with Gasteiger partial charge < -0.3 is 9.47 Å². The van der Waals surface area contributed by atoms with Crippen molar-refractivity contribution in [1.82, 2.24) is 29.5 Å². The van der Waals surface area contributed by atoms with Gasteiger partial charge in [0, 0.05) is 23.5 Å². The largest absolute Gasteiger partial charge is 0.497 e. The topological polar surface area (TPSA) is 79.9 Å². The second-order valence-electron chi connectivity index (χ2n) is 8.89. The molecule has 4 aromatic heterocycles. The van der Waals surface area contributed by atoms with Gasteiger partial charge in [-0.25, -0.2) is 28.1 Å². The zero-order valence-electron chi connectivity index (χ0n) is 22.9. The SMILES string of the molecule is COc1ccc(-c2cnn(-c3ncccc3F)c2C)cc1.COc1ccc(-c2cnn(-c3ncccc3F)c2I)cc1. The molecular formula is C31H25F2IN6O2. The summed E-state index contributed by atoms with van der Waals surface area (Å²) in [7, 11) is 3.25. The smallest absolute Gasteiger partial charge is 0.190 e. The summed E-state index contributed by atoms with van der Waals surface area (Å²) in [4.78, 5) is 8.09. The molecule has 6 aromatic rings. The van der Waals surface area contributed by atoms with Crippen LogP contribution in [-0.4, -0.2) is 43.7 Å². The van der Waals surface area contributed by atoms with Crippen molar-refractivity contribution in [1.29, 1.82) is 0 Å². The van der Waals surface area contributed by atoms with Crippen molar-refractivity contribution in [2.75, 3.05) is 14.2 Å². The number of pyridine rings is 2. The zero-order chi connectivity index (χ0) is 29.6. The molecule has 0 atom stereocenters. The summed E-state index contributed by atoms with van der Waals surface area (Å²) < 4.78 is 41.7. The van der Waals surface area contributed by atoms with E-state index in [1.807, 2.05) is 55.5 Å². The van der Waals surface area contributed by atoms with Gasteiger partial charge in [0.25, 0.3) is 0 Å². The van der Waals surface area contributed by atoms with Gasteiger partial charge in [0.05, 0.1) is 32.3 Å². The van der Waals surface area contributed by atoms with Crippen LogP contribution in [-0.2, 0) is 0 Å². The summed E-state index contributed by atoms with van der Waals surface area (Å²) in [5, 5.41) is 8.49. The Labute approximate surface area is 254 Å². The first-order valence-corrected chi connectivity index (χ1v) is 13.8. The molecule has 8 nitrogen and oxygen atoms in total. The molecule has 0 aliphatic rings. The maximum absolute atomic E-state index is 13.8. The van der Waals surface area contributed by atoms with Crippen molar-refractivity contribution in [2.24, 2.45) is 0 Å². The zero-order valence-corrected chi connectivity index (χ0v) is 25.0. The predicted molar refractivity (Wildman–Crippen MR) is 164 cm³/mol. The maximum Gasteiger partial charge on any atom is 0.190 e. The molecule has 0 saturated heterocycles. The van der Waals surface area contributed by atoms with Crippen LogP contribution in [0.15, 0.2) is 97.6 Å². The Hall–Kier alpha value is -4.65. The number of rotatable bonds is 6. The van der Waals surface area contributed by atoms with E-state index >= 15 is 0 Å². The molecule has 6 rings (SSSR count). The lowest BCUT2D eigenvalue weighted by atomic mass is 10.1. The van der Waals surface area contributed by atoms with Crippen LogP contribution < -0.4 is 9.47 Å². The number of aromatic nitrogens is 6. The standard InChI is InChI=1S/C16H14FN3O.C15H11FIN3O/c1-11-14(12-5-7-13(21-2)8-6-12)10-19-20(11)16-15(17)4-3-9-18-16;1-21-11-6-4-10(5-7-11)12-9-19-20(14(12)17)15-13(16)3-2-8-18-15/h3-10H,1-2H3;2-9H,1H3. The van der Waals surface area contributed by atoms with E-state index in [2.05, 4.69) is 42.8 Å². The molecule has 0 saturated carbocycles. The first kappa shape index (κ1) is 28.9. The fourth-order valence-electron chi connectivity index (χ4n) is 4.19. The third kappa shape index (κ3) is 6.00. The Morgan fingerprint density at radius 1 is 0.643 bits per heavy atom. The van der Waals surface area contributed by atoms with Gasteiger partial charge in [-0.1, -0.05) is 24.3 Å². The lowest BCUT2D eigenvalue weighted by Gasteiger charge is -2.06. The van der Waals surface area contributed by atoms with Gasteiger partial charge in [0.1, 0.15) is 15.2 Å². The average molecular weight is 678 g/mol. The Morgan fingerprint density at radius 2 is 1.10 bits per heavy atom. The second kappa shape index (κ2) is 12.9. The van der Waals surface area contributed by atoms with Crippen molar-refractivity contribution < 1.29 is 18.3 Å². The third-order valence-electron chi connectivity index (χ3n) is 6.40. The van der Waals surface area contributed by atoms with E-state index in [1.54, 1.807) is 51.1 Å². The Bertz CT molecular complexity index is 1670. The lowest BCUT2D eigenvalue weighted by molar-refractivity contribution is 0.415. The normalized spacial score (nSPS) is 10.6. The highest BCUT2D eigenvalue weighted by Crippen LogP contribution is 2.29. The van der Waals surface area contributed by atoms with Gasteiger partial charge in [-0.3, -0.25) is 0 Å². The molecule has 2 aromatic carbocycles. The van der Waals surface area contributed by atoms with Crippen molar-refractivity contribution >= 4 is 22.6 Å². The lowest BCUT2D eigenvalue weighted by Crippen LogP contribution is -2.04. The van der Waals surface area contributed by atoms with Gasteiger partial charge in [0.15, 0.2) is 23.3 Å². The van der Waals surface area contributed by atoms with Gasteiger partial charge in [-0.05, 0) is 89.2 Å². The first-order valence-electron chi connectivity index (χ1n) is 12.7. The van der Waals surface area contributed by atoms with Gasteiger partial charge >= 0.3 is 0 Å². The number of nitrogens with zero attached hydrogens (tertiary/aromatic N) is 6. The summed E-state index contributed by atoms with van der Waals surface area (Å²) in [6.45, 7) is 1.89. The Balaban J connectivity index is 0.000000168. The van der Waals surface area contributed by atoms with Crippen LogP contribution in [0.5, 0.6) is 11.5 Å². The van der Waals surface area contributed by atoms with E-state index in [9.17, 15) is 8.78 Å². The molecule has 212 valence electrons. The predicted octanol–water partition coefficient (Wildman–Crippen LogP) is 7.08. The molecule has 0 amide bonds. The quantitative estimate of drug-likeness (QED) is 0.175. The van der Waals surface area contributed by atoms with Crippen molar-refractivity contribution in [3.63, 3.8) is 0 Å². The van der Waals surface area contributed by atoms with E-state index in [1.165, 1.54) is 21.5 Å². The molecule has 0 spiro atoms. The number of hydrogen-bond acceptors (Lipinski definition) is 6. The highest BCUT2D eigenvalue weighted by molar-refractivity contribution is 14.1. The van der Waals surface area contributed by atoms with E-state index in [0.717, 1.165) is 43.1 Å². The highest BCUT2D eigenvalue weighted by Gasteiger charge is 2.16. The summed E-state index contributed by atoms with van der Waals surface area (Å²) in [6.07, 6.45) is 6.51. The first-order chi connectivity index (χ1) is 20.4. The summed E-state index contributed by atoms with van der Waals surface area (Å²) in [6, 6.07) is 21.2. The van der Waals surface area contributed by atoms with E-state index in [4.69, 9.17) is 9.47 Å². The molecule has 0 fully saturated rings. The molecule has 0 aliphatic heterocycles. The molecule has 0 radical (unpaired) electrons. The fraction of sp³-hybridized carbons (Fsp3) is 0.0968.